The monoisotopic (exact) mass is 272 g/mol. The molecule has 1 aromatic heterocycles. The van der Waals surface area contributed by atoms with Gasteiger partial charge < -0.3 is 10.1 Å². The van der Waals surface area contributed by atoms with Gasteiger partial charge in [-0.05, 0) is 19.1 Å². The summed E-state index contributed by atoms with van der Waals surface area (Å²) >= 11 is 3.26. The van der Waals surface area contributed by atoms with E-state index in [4.69, 9.17) is 0 Å². The molecule has 0 aromatic carbocycles. The highest BCUT2D eigenvalue weighted by atomic mass is 32.2. The van der Waals surface area contributed by atoms with Gasteiger partial charge in [-0.15, -0.1) is 0 Å². The van der Waals surface area contributed by atoms with Gasteiger partial charge in [0.2, 0.25) is 0 Å². The number of thiazole rings is 1. The molecule has 2 atom stereocenters. The molecule has 6 heteroatoms. The standard InChI is InChI=1S/C11H16N2O2S2/c1-15-10(14)9-6-12-11(17-9)13-7-4-3-5-8(7)16-2/h6-8H,3-5H2,1-2H3,(H,12,13). The first-order valence-corrected chi connectivity index (χ1v) is 7.68. The fourth-order valence-electron chi connectivity index (χ4n) is 2.07. The molecular weight excluding hydrogens is 256 g/mol. The number of methoxy groups -OCH3 is 1. The van der Waals surface area contributed by atoms with Crippen LogP contribution in [0.4, 0.5) is 5.13 Å². The number of anilines is 1. The number of rotatable bonds is 4. The Morgan fingerprint density at radius 1 is 1.65 bits per heavy atom. The molecular formula is C11H16N2O2S2. The fraction of sp³-hybridized carbons (Fsp3) is 0.636. The Balaban J connectivity index is 1.99. The van der Waals surface area contributed by atoms with Crippen molar-refractivity contribution < 1.29 is 9.53 Å². The molecule has 1 aliphatic carbocycles. The summed E-state index contributed by atoms with van der Waals surface area (Å²) in [4.78, 5) is 16.1. The largest absolute Gasteiger partial charge is 0.465 e. The van der Waals surface area contributed by atoms with E-state index in [1.807, 2.05) is 11.8 Å². The Labute approximate surface area is 109 Å². The van der Waals surface area contributed by atoms with Crippen LogP contribution in [0.1, 0.15) is 28.9 Å². The first-order chi connectivity index (χ1) is 8.24. The summed E-state index contributed by atoms with van der Waals surface area (Å²) in [6, 6.07) is 0.474. The number of carbonyl (C=O) groups excluding carboxylic acids is 1. The summed E-state index contributed by atoms with van der Waals surface area (Å²) in [6.45, 7) is 0. The van der Waals surface area contributed by atoms with E-state index >= 15 is 0 Å². The lowest BCUT2D eigenvalue weighted by Gasteiger charge is -2.18. The molecule has 1 aliphatic rings. The van der Waals surface area contributed by atoms with Gasteiger partial charge in [-0.1, -0.05) is 17.8 Å². The van der Waals surface area contributed by atoms with E-state index in [2.05, 4.69) is 21.3 Å². The molecule has 0 radical (unpaired) electrons. The fourth-order valence-corrected chi connectivity index (χ4v) is 3.80. The zero-order valence-corrected chi connectivity index (χ0v) is 11.6. The van der Waals surface area contributed by atoms with Crippen molar-refractivity contribution in [1.82, 2.24) is 4.98 Å². The minimum atomic E-state index is -0.316. The predicted molar refractivity (Wildman–Crippen MR) is 72.0 cm³/mol. The predicted octanol–water partition coefficient (Wildman–Crippen LogP) is 2.63. The Kier molecular flexibility index (Phi) is 4.28. The van der Waals surface area contributed by atoms with Gasteiger partial charge in [0.15, 0.2) is 5.13 Å². The molecule has 2 rings (SSSR count). The summed E-state index contributed by atoms with van der Waals surface area (Å²) in [5.74, 6) is -0.316. The van der Waals surface area contributed by atoms with E-state index in [1.54, 1.807) is 6.20 Å². The van der Waals surface area contributed by atoms with Crippen molar-refractivity contribution in [2.45, 2.75) is 30.6 Å². The van der Waals surface area contributed by atoms with Crippen molar-refractivity contribution in [3.63, 3.8) is 0 Å². The van der Waals surface area contributed by atoms with Crippen molar-refractivity contribution in [3.8, 4) is 0 Å². The van der Waals surface area contributed by atoms with Crippen molar-refractivity contribution >= 4 is 34.2 Å². The molecule has 1 aromatic rings. The Hall–Kier alpha value is -0.750. The molecule has 0 bridgehead atoms. The van der Waals surface area contributed by atoms with Crippen LogP contribution >= 0.6 is 23.1 Å². The van der Waals surface area contributed by atoms with Crippen molar-refractivity contribution in [2.75, 3.05) is 18.7 Å². The summed E-state index contributed by atoms with van der Waals surface area (Å²) in [5.41, 5.74) is 0. The number of nitrogens with one attached hydrogen (secondary N) is 1. The smallest absolute Gasteiger partial charge is 0.349 e. The second-order valence-corrected chi connectivity index (χ2v) is 6.08. The van der Waals surface area contributed by atoms with Crippen LogP contribution in [0.2, 0.25) is 0 Å². The second kappa shape index (κ2) is 5.73. The molecule has 17 heavy (non-hydrogen) atoms. The highest BCUT2D eigenvalue weighted by Gasteiger charge is 2.27. The van der Waals surface area contributed by atoms with E-state index in [1.165, 1.54) is 37.7 Å². The lowest BCUT2D eigenvalue weighted by Crippen LogP contribution is -2.25. The Bertz CT molecular complexity index is 395. The van der Waals surface area contributed by atoms with Crippen LogP contribution < -0.4 is 5.32 Å². The molecule has 2 unspecified atom stereocenters. The number of hydrogen-bond donors (Lipinski definition) is 1. The number of nitrogens with zero attached hydrogens (tertiary/aromatic N) is 1. The van der Waals surface area contributed by atoms with Crippen LogP contribution in [0, 0.1) is 0 Å². The first-order valence-electron chi connectivity index (χ1n) is 5.58. The number of hydrogen-bond acceptors (Lipinski definition) is 6. The number of thioether (sulfide) groups is 1. The average molecular weight is 272 g/mol. The maximum absolute atomic E-state index is 11.3. The maximum atomic E-state index is 11.3. The Morgan fingerprint density at radius 3 is 3.18 bits per heavy atom. The van der Waals surface area contributed by atoms with Gasteiger partial charge >= 0.3 is 5.97 Å². The topological polar surface area (TPSA) is 51.2 Å². The number of esters is 1. The molecule has 1 heterocycles. The van der Waals surface area contributed by atoms with E-state index in [0.29, 0.717) is 16.2 Å². The third-order valence-electron chi connectivity index (χ3n) is 2.96. The van der Waals surface area contributed by atoms with Crippen LogP contribution in [-0.4, -0.2) is 35.6 Å². The molecule has 0 spiro atoms. The minimum Gasteiger partial charge on any atom is -0.465 e. The lowest BCUT2D eigenvalue weighted by molar-refractivity contribution is 0.0606. The molecule has 4 nitrogen and oxygen atoms in total. The highest BCUT2D eigenvalue weighted by molar-refractivity contribution is 7.99. The van der Waals surface area contributed by atoms with Crippen LogP contribution in [-0.2, 0) is 4.74 Å². The van der Waals surface area contributed by atoms with Gasteiger partial charge in [0.1, 0.15) is 4.88 Å². The van der Waals surface area contributed by atoms with Crippen LogP contribution in [0.3, 0.4) is 0 Å². The van der Waals surface area contributed by atoms with Crippen molar-refractivity contribution in [3.05, 3.63) is 11.1 Å². The molecule has 94 valence electrons. The van der Waals surface area contributed by atoms with Gasteiger partial charge in [-0.25, -0.2) is 9.78 Å². The highest BCUT2D eigenvalue weighted by Crippen LogP contribution is 2.31. The van der Waals surface area contributed by atoms with Gasteiger partial charge in [-0.2, -0.15) is 11.8 Å². The summed E-state index contributed by atoms with van der Waals surface area (Å²) in [7, 11) is 1.38. The summed E-state index contributed by atoms with van der Waals surface area (Å²) in [5, 5.41) is 4.89. The molecule has 1 fully saturated rings. The molecule has 0 amide bonds. The van der Waals surface area contributed by atoms with Crippen molar-refractivity contribution in [1.29, 1.82) is 0 Å². The quantitative estimate of drug-likeness (QED) is 0.854. The minimum absolute atomic E-state index is 0.316. The SMILES string of the molecule is COC(=O)c1cnc(NC2CCCC2SC)s1. The summed E-state index contributed by atoms with van der Waals surface area (Å²) < 4.78 is 4.66. The molecule has 1 saturated carbocycles. The third-order valence-corrected chi connectivity index (χ3v) is 5.03. The zero-order valence-electron chi connectivity index (χ0n) is 9.93. The first kappa shape index (κ1) is 12.7. The van der Waals surface area contributed by atoms with Gasteiger partial charge in [0.05, 0.1) is 13.3 Å². The third kappa shape index (κ3) is 2.93. The van der Waals surface area contributed by atoms with E-state index in [0.717, 1.165) is 5.13 Å². The molecule has 1 N–H and O–H groups in total. The molecule has 0 saturated heterocycles. The van der Waals surface area contributed by atoms with Gasteiger partial charge in [-0.3, -0.25) is 0 Å². The lowest BCUT2D eigenvalue weighted by atomic mass is 10.2. The van der Waals surface area contributed by atoms with Gasteiger partial charge in [0.25, 0.3) is 0 Å². The van der Waals surface area contributed by atoms with E-state index < -0.39 is 0 Å². The van der Waals surface area contributed by atoms with Gasteiger partial charge in [0, 0.05) is 11.3 Å². The maximum Gasteiger partial charge on any atom is 0.349 e. The normalized spacial score (nSPS) is 23.6. The number of carbonyl (C=O) groups is 1. The number of aromatic nitrogens is 1. The Morgan fingerprint density at radius 2 is 2.47 bits per heavy atom. The van der Waals surface area contributed by atoms with Crippen molar-refractivity contribution in [2.24, 2.45) is 0 Å². The van der Waals surface area contributed by atoms with E-state index in [9.17, 15) is 4.79 Å². The summed E-state index contributed by atoms with van der Waals surface area (Å²) in [6.07, 6.45) is 7.42. The van der Waals surface area contributed by atoms with Crippen LogP contribution in [0.25, 0.3) is 0 Å². The number of ether oxygens (including phenoxy) is 1. The molecule has 0 aliphatic heterocycles. The van der Waals surface area contributed by atoms with Crippen LogP contribution in [0.15, 0.2) is 6.20 Å². The second-order valence-electron chi connectivity index (χ2n) is 3.98. The van der Waals surface area contributed by atoms with Crippen LogP contribution in [0.5, 0.6) is 0 Å². The zero-order chi connectivity index (χ0) is 12.3. The van der Waals surface area contributed by atoms with E-state index in [-0.39, 0.29) is 5.97 Å². The average Bonchev–Trinajstić information content (AvgIpc) is 2.97.